The summed E-state index contributed by atoms with van der Waals surface area (Å²) < 4.78 is 13.4. The number of ketones is 1. The molecule has 0 aliphatic heterocycles. The van der Waals surface area contributed by atoms with Gasteiger partial charge in [-0.1, -0.05) is 29.8 Å². The Morgan fingerprint density at radius 2 is 1.94 bits per heavy atom. The fourth-order valence-electron chi connectivity index (χ4n) is 1.70. The molecule has 0 radical (unpaired) electrons. The summed E-state index contributed by atoms with van der Waals surface area (Å²) in [6.07, 6.45) is -0.0154. The first-order valence-corrected chi connectivity index (χ1v) is 5.77. The average molecular weight is 264 g/mol. The third-order valence-electron chi connectivity index (χ3n) is 2.62. The van der Waals surface area contributed by atoms with Crippen molar-refractivity contribution in [3.8, 4) is 0 Å². The standard InChI is InChI=1S/C14H11ClFNO/c15-10-5-6-11(13(17)8-10)14(18)7-9-3-1-2-4-12(9)16/h1-6,8H,7,17H2. The minimum Gasteiger partial charge on any atom is -0.398 e. The monoisotopic (exact) mass is 263 g/mol. The highest BCUT2D eigenvalue weighted by molar-refractivity contribution is 6.31. The topological polar surface area (TPSA) is 43.1 Å². The first-order valence-electron chi connectivity index (χ1n) is 5.39. The number of nitrogens with two attached hydrogens (primary N) is 1. The maximum atomic E-state index is 13.4. The van der Waals surface area contributed by atoms with Gasteiger partial charge in [-0.15, -0.1) is 0 Å². The highest BCUT2D eigenvalue weighted by atomic mass is 35.5. The van der Waals surface area contributed by atoms with Gasteiger partial charge in [0.2, 0.25) is 0 Å². The lowest BCUT2D eigenvalue weighted by Crippen LogP contribution is -2.08. The zero-order valence-corrected chi connectivity index (χ0v) is 10.2. The quantitative estimate of drug-likeness (QED) is 0.680. The molecule has 92 valence electrons. The van der Waals surface area contributed by atoms with E-state index in [-0.39, 0.29) is 12.2 Å². The molecule has 0 saturated heterocycles. The minimum absolute atomic E-state index is 0.0154. The van der Waals surface area contributed by atoms with E-state index in [1.165, 1.54) is 12.1 Å². The molecule has 0 aliphatic carbocycles. The Morgan fingerprint density at radius 3 is 2.61 bits per heavy atom. The van der Waals surface area contributed by atoms with Crippen LogP contribution in [0.15, 0.2) is 42.5 Å². The van der Waals surface area contributed by atoms with E-state index in [0.29, 0.717) is 21.8 Å². The largest absolute Gasteiger partial charge is 0.398 e. The molecule has 0 fully saturated rings. The van der Waals surface area contributed by atoms with E-state index in [1.54, 1.807) is 30.3 Å². The normalized spacial score (nSPS) is 10.3. The maximum absolute atomic E-state index is 13.4. The predicted molar refractivity (Wildman–Crippen MR) is 70.3 cm³/mol. The Hall–Kier alpha value is -1.87. The lowest BCUT2D eigenvalue weighted by Gasteiger charge is -2.06. The highest BCUT2D eigenvalue weighted by Crippen LogP contribution is 2.20. The SMILES string of the molecule is Nc1cc(Cl)ccc1C(=O)Cc1ccccc1F. The van der Waals surface area contributed by atoms with Crippen molar-refractivity contribution in [3.05, 3.63) is 64.4 Å². The molecule has 0 spiro atoms. The van der Waals surface area contributed by atoms with Crippen LogP contribution in [0.3, 0.4) is 0 Å². The summed E-state index contributed by atoms with van der Waals surface area (Å²) in [5, 5.41) is 0.468. The Morgan fingerprint density at radius 1 is 1.22 bits per heavy atom. The van der Waals surface area contributed by atoms with Gasteiger partial charge in [-0.05, 0) is 29.8 Å². The van der Waals surface area contributed by atoms with E-state index in [2.05, 4.69) is 0 Å². The lowest BCUT2D eigenvalue weighted by molar-refractivity contribution is 0.0992. The predicted octanol–water partition coefficient (Wildman–Crippen LogP) is 3.49. The summed E-state index contributed by atoms with van der Waals surface area (Å²) in [5.41, 5.74) is 6.75. The van der Waals surface area contributed by atoms with E-state index < -0.39 is 5.82 Å². The third kappa shape index (κ3) is 2.68. The zero-order chi connectivity index (χ0) is 13.1. The smallest absolute Gasteiger partial charge is 0.169 e. The maximum Gasteiger partial charge on any atom is 0.169 e. The van der Waals surface area contributed by atoms with Crippen molar-refractivity contribution in [2.45, 2.75) is 6.42 Å². The first-order chi connectivity index (χ1) is 8.58. The Labute approximate surface area is 109 Å². The van der Waals surface area contributed by atoms with Gasteiger partial charge in [0.15, 0.2) is 5.78 Å². The molecule has 0 atom stereocenters. The van der Waals surface area contributed by atoms with E-state index in [0.717, 1.165) is 0 Å². The molecular weight excluding hydrogens is 253 g/mol. The number of carbonyl (C=O) groups excluding carboxylic acids is 1. The van der Waals surface area contributed by atoms with Crippen molar-refractivity contribution in [3.63, 3.8) is 0 Å². The van der Waals surface area contributed by atoms with Gasteiger partial charge in [-0.3, -0.25) is 4.79 Å². The Balaban J connectivity index is 2.25. The van der Waals surface area contributed by atoms with Gasteiger partial charge in [0.25, 0.3) is 0 Å². The molecule has 0 amide bonds. The van der Waals surface area contributed by atoms with Crippen LogP contribution < -0.4 is 5.73 Å². The molecule has 2 rings (SSSR count). The summed E-state index contributed by atoms with van der Waals surface area (Å²) in [5.74, 6) is -0.618. The van der Waals surface area contributed by atoms with Gasteiger partial charge in [-0.2, -0.15) is 0 Å². The molecule has 2 N–H and O–H groups in total. The molecule has 0 unspecified atom stereocenters. The molecule has 0 bridgehead atoms. The second-order valence-electron chi connectivity index (χ2n) is 3.92. The van der Waals surface area contributed by atoms with Crippen LogP contribution in [0.1, 0.15) is 15.9 Å². The molecule has 0 saturated carbocycles. The molecule has 0 aliphatic rings. The fourth-order valence-corrected chi connectivity index (χ4v) is 1.88. The minimum atomic E-state index is -0.390. The van der Waals surface area contributed by atoms with Crippen LogP contribution in [0.2, 0.25) is 5.02 Å². The Kier molecular flexibility index (Phi) is 3.63. The summed E-state index contributed by atoms with van der Waals surface area (Å²) in [7, 11) is 0. The number of carbonyl (C=O) groups is 1. The average Bonchev–Trinajstić information content (AvgIpc) is 2.32. The molecule has 2 aromatic carbocycles. The number of anilines is 1. The summed E-state index contributed by atoms with van der Waals surface area (Å²) in [6.45, 7) is 0. The van der Waals surface area contributed by atoms with E-state index >= 15 is 0 Å². The van der Waals surface area contributed by atoms with Crippen LogP contribution in [0.5, 0.6) is 0 Å². The molecule has 4 heteroatoms. The number of halogens is 2. The van der Waals surface area contributed by atoms with Crippen LogP contribution in [0, 0.1) is 5.82 Å². The number of hydrogen-bond acceptors (Lipinski definition) is 2. The van der Waals surface area contributed by atoms with Gasteiger partial charge in [-0.25, -0.2) is 4.39 Å². The molecule has 18 heavy (non-hydrogen) atoms. The number of hydrogen-bond donors (Lipinski definition) is 1. The van der Waals surface area contributed by atoms with Crippen LogP contribution in [0.4, 0.5) is 10.1 Å². The van der Waals surface area contributed by atoms with Gasteiger partial charge in [0.05, 0.1) is 0 Å². The number of Topliss-reactive ketones (excluding diaryl/α,β-unsaturated/α-hetero) is 1. The second-order valence-corrected chi connectivity index (χ2v) is 4.36. The molecule has 0 heterocycles. The van der Waals surface area contributed by atoms with Crippen LogP contribution in [0.25, 0.3) is 0 Å². The van der Waals surface area contributed by atoms with Gasteiger partial charge in [0, 0.05) is 22.7 Å². The lowest BCUT2D eigenvalue weighted by atomic mass is 10.0. The second kappa shape index (κ2) is 5.19. The molecule has 2 nitrogen and oxygen atoms in total. The van der Waals surface area contributed by atoms with E-state index in [4.69, 9.17) is 17.3 Å². The Bertz CT molecular complexity index is 598. The number of benzene rings is 2. The van der Waals surface area contributed by atoms with E-state index in [9.17, 15) is 9.18 Å². The highest BCUT2D eigenvalue weighted by Gasteiger charge is 2.12. The molecular formula is C14H11ClFNO. The first kappa shape index (κ1) is 12.6. The van der Waals surface area contributed by atoms with Gasteiger partial charge >= 0.3 is 0 Å². The number of rotatable bonds is 3. The van der Waals surface area contributed by atoms with E-state index in [1.807, 2.05) is 0 Å². The van der Waals surface area contributed by atoms with Gasteiger partial charge in [0.1, 0.15) is 5.82 Å². The zero-order valence-electron chi connectivity index (χ0n) is 9.49. The van der Waals surface area contributed by atoms with Crippen molar-refractivity contribution < 1.29 is 9.18 Å². The molecule has 2 aromatic rings. The van der Waals surface area contributed by atoms with Gasteiger partial charge < -0.3 is 5.73 Å². The van der Waals surface area contributed by atoms with Crippen molar-refractivity contribution >= 4 is 23.1 Å². The van der Waals surface area contributed by atoms with Crippen molar-refractivity contribution in [1.82, 2.24) is 0 Å². The van der Waals surface area contributed by atoms with Crippen LogP contribution >= 0.6 is 11.6 Å². The third-order valence-corrected chi connectivity index (χ3v) is 2.86. The van der Waals surface area contributed by atoms with Crippen molar-refractivity contribution in [2.24, 2.45) is 0 Å². The summed E-state index contributed by atoms with van der Waals surface area (Å²) in [6, 6.07) is 10.8. The summed E-state index contributed by atoms with van der Waals surface area (Å²) in [4.78, 5) is 12.0. The van der Waals surface area contributed by atoms with Crippen molar-refractivity contribution in [1.29, 1.82) is 0 Å². The van der Waals surface area contributed by atoms with Crippen molar-refractivity contribution in [2.75, 3.05) is 5.73 Å². The summed E-state index contributed by atoms with van der Waals surface area (Å²) >= 11 is 5.76. The van der Waals surface area contributed by atoms with Crippen LogP contribution in [-0.2, 0) is 6.42 Å². The molecule has 0 aromatic heterocycles. The number of nitrogen functional groups attached to an aromatic ring is 1. The fraction of sp³-hybridized carbons (Fsp3) is 0.0714. The van der Waals surface area contributed by atoms with Crippen LogP contribution in [-0.4, -0.2) is 5.78 Å².